The van der Waals surface area contributed by atoms with E-state index in [9.17, 15) is 32.5 Å². The van der Waals surface area contributed by atoms with Gasteiger partial charge >= 0.3 is 12.3 Å². The molecule has 0 amide bonds. The monoisotopic (exact) mass is 446 g/mol. The van der Waals surface area contributed by atoms with Crippen LogP contribution in [0.2, 0.25) is 0 Å². The first-order valence-corrected chi connectivity index (χ1v) is 9.74. The quantitative estimate of drug-likeness (QED) is 0.282. The average molecular weight is 446 g/mol. The van der Waals surface area contributed by atoms with Crippen LogP contribution in [0.5, 0.6) is 0 Å². The van der Waals surface area contributed by atoms with E-state index in [-0.39, 0.29) is 17.0 Å². The van der Waals surface area contributed by atoms with Crippen LogP contribution < -0.4 is 0 Å². The lowest BCUT2D eigenvalue weighted by Crippen LogP contribution is -2.48. The molecular weight excluding hydrogens is 428 g/mol. The summed E-state index contributed by atoms with van der Waals surface area (Å²) in [5.74, 6) is -5.12. The highest BCUT2D eigenvalue weighted by molar-refractivity contribution is 6.08. The first-order valence-electron chi connectivity index (χ1n) is 9.74. The van der Waals surface area contributed by atoms with Gasteiger partial charge in [0, 0.05) is 34.5 Å². The molecule has 4 rings (SSSR count). The molecule has 2 heterocycles. The summed E-state index contributed by atoms with van der Waals surface area (Å²) < 4.78 is 55.5. The normalized spacial score (nSPS) is 22.2. The van der Waals surface area contributed by atoms with Crippen LogP contribution in [0.1, 0.15) is 25.0 Å². The number of benzene rings is 1. The maximum absolute atomic E-state index is 14.5. The van der Waals surface area contributed by atoms with Crippen LogP contribution in [0.25, 0.3) is 5.70 Å². The minimum absolute atomic E-state index is 0.0778. The van der Waals surface area contributed by atoms with Crippen LogP contribution in [0.3, 0.4) is 0 Å². The number of rotatable bonds is 3. The number of nitro groups is 1. The van der Waals surface area contributed by atoms with Gasteiger partial charge in [0.25, 0.3) is 5.70 Å². The topological polar surface area (TPSA) is 63.5 Å². The molecule has 0 unspecified atom stereocenters. The Balaban J connectivity index is 2.05. The van der Waals surface area contributed by atoms with E-state index in [0.29, 0.717) is 12.0 Å². The predicted molar refractivity (Wildman–Crippen MR) is 109 cm³/mol. The van der Waals surface area contributed by atoms with Crippen LogP contribution in [0, 0.1) is 10.1 Å². The van der Waals surface area contributed by atoms with E-state index in [1.54, 1.807) is 23.1 Å². The van der Waals surface area contributed by atoms with Crippen LogP contribution >= 0.6 is 0 Å². The summed E-state index contributed by atoms with van der Waals surface area (Å²) in [7, 11) is 0. The number of alkyl halides is 4. The third-order valence-corrected chi connectivity index (χ3v) is 5.70. The van der Waals surface area contributed by atoms with E-state index in [4.69, 9.17) is 0 Å². The summed E-state index contributed by atoms with van der Waals surface area (Å²) in [4.78, 5) is 24.8. The number of halogens is 4. The Labute approximate surface area is 180 Å². The van der Waals surface area contributed by atoms with Gasteiger partial charge in [0.2, 0.25) is 0 Å². The zero-order valence-corrected chi connectivity index (χ0v) is 17.1. The molecule has 0 fully saturated rings. The summed E-state index contributed by atoms with van der Waals surface area (Å²) in [5.41, 5.74) is -0.767. The van der Waals surface area contributed by atoms with E-state index in [1.165, 1.54) is 0 Å². The first-order chi connectivity index (χ1) is 14.9. The Morgan fingerprint density at radius 3 is 2.47 bits per heavy atom. The molecule has 5 nitrogen and oxygen atoms in total. The van der Waals surface area contributed by atoms with Crippen molar-refractivity contribution in [1.29, 1.82) is 0 Å². The van der Waals surface area contributed by atoms with Crippen molar-refractivity contribution >= 4 is 11.5 Å². The first kappa shape index (κ1) is 21.7. The van der Waals surface area contributed by atoms with E-state index < -0.39 is 39.9 Å². The number of carbonyl (C=O) groups is 1. The lowest BCUT2D eigenvalue weighted by atomic mass is 9.80. The Hall–Kier alpha value is -3.49. The summed E-state index contributed by atoms with van der Waals surface area (Å²) in [6.07, 6.45) is 1.33. The van der Waals surface area contributed by atoms with Gasteiger partial charge in [0.1, 0.15) is 0 Å². The maximum Gasteiger partial charge on any atom is 0.332 e. The van der Waals surface area contributed by atoms with Crippen molar-refractivity contribution in [2.45, 2.75) is 38.2 Å². The van der Waals surface area contributed by atoms with Crippen molar-refractivity contribution < 1.29 is 27.3 Å². The zero-order chi connectivity index (χ0) is 23.4. The number of ketones is 1. The third-order valence-electron chi connectivity index (χ3n) is 5.70. The van der Waals surface area contributed by atoms with Crippen molar-refractivity contribution in [3.63, 3.8) is 0 Å². The van der Waals surface area contributed by atoms with E-state index in [0.717, 1.165) is 35.9 Å². The minimum atomic E-state index is -4.48. The molecule has 32 heavy (non-hydrogen) atoms. The second-order valence-electron chi connectivity index (χ2n) is 8.36. The molecule has 0 radical (unpaired) electrons. The van der Waals surface area contributed by atoms with Gasteiger partial charge in [-0.15, -0.1) is 0 Å². The van der Waals surface area contributed by atoms with Gasteiger partial charge < -0.3 is 4.90 Å². The fourth-order valence-corrected chi connectivity index (χ4v) is 4.26. The molecule has 1 aromatic carbocycles. The largest absolute Gasteiger partial charge is 0.334 e. The Kier molecular flexibility index (Phi) is 4.95. The molecule has 3 aliphatic rings. The predicted octanol–water partition coefficient (Wildman–Crippen LogP) is 5.06. The van der Waals surface area contributed by atoms with Crippen molar-refractivity contribution in [1.82, 2.24) is 4.90 Å². The fourth-order valence-electron chi connectivity index (χ4n) is 4.26. The van der Waals surface area contributed by atoms with Crippen molar-refractivity contribution in [2.24, 2.45) is 0 Å². The smallest absolute Gasteiger partial charge is 0.332 e. The molecule has 0 saturated heterocycles. The molecule has 1 aliphatic carbocycles. The number of nitrogens with zero attached hydrogens (tertiary/aromatic N) is 2. The van der Waals surface area contributed by atoms with Crippen molar-refractivity contribution in [2.75, 3.05) is 0 Å². The fraction of sp³-hybridized carbons (Fsp3) is 0.261. The molecule has 166 valence electrons. The second kappa shape index (κ2) is 7.29. The molecule has 0 spiro atoms. The van der Waals surface area contributed by atoms with Crippen LogP contribution in [-0.2, 0) is 11.2 Å². The summed E-state index contributed by atoms with van der Waals surface area (Å²) >= 11 is 0. The van der Waals surface area contributed by atoms with E-state index >= 15 is 0 Å². The second-order valence-corrected chi connectivity index (χ2v) is 8.36. The van der Waals surface area contributed by atoms with Gasteiger partial charge in [-0.2, -0.15) is 8.78 Å². The zero-order valence-electron chi connectivity index (χ0n) is 17.1. The molecule has 0 N–H and O–H groups in total. The van der Waals surface area contributed by atoms with Gasteiger partial charge in [0.15, 0.2) is 5.78 Å². The maximum atomic E-state index is 14.5. The Morgan fingerprint density at radius 1 is 1.12 bits per heavy atom. The van der Waals surface area contributed by atoms with Gasteiger partial charge in [-0.25, -0.2) is 8.78 Å². The average Bonchev–Trinajstić information content (AvgIpc) is 2.72. The highest BCUT2D eigenvalue weighted by Gasteiger charge is 2.48. The number of carbonyl (C=O) groups excluding carboxylic acids is 1. The third kappa shape index (κ3) is 3.37. The van der Waals surface area contributed by atoms with Crippen LogP contribution in [0.15, 0.2) is 77.2 Å². The number of hydrogen-bond donors (Lipinski definition) is 0. The van der Waals surface area contributed by atoms with E-state index in [1.807, 2.05) is 19.9 Å². The van der Waals surface area contributed by atoms with Crippen molar-refractivity contribution in [3.8, 4) is 0 Å². The molecule has 0 bridgehead atoms. The van der Waals surface area contributed by atoms with Crippen molar-refractivity contribution in [3.05, 3.63) is 98.4 Å². The molecule has 9 heteroatoms. The molecule has 0 aromatic heterocycles. The minimum Gasteiger partial charge on any atom is -0.334 e. The molecule has 1 aromatic rings. The molecule has 0 atom stereocenters. The van der Waals surface area contributed by atoms with E-state index in [2.05, 4.69) is 0 Å². The summed E-state index contributed by atoms with van der Waals surface area (Å²) in [6.45, 7) is 3.64. The van der Waals surface area contributed by atoms with Gasteiger partial charge in [0.05, 0.1) is 16.2 Å². The van der Waals surface area contributed by atoms with Gasteiger partial charge in [-0.3, -0.25) is 14.9 Å². The Bertz CT molecular complexity index is 1190. The highest BCUT2D eigenvalue weighted by Crippen LogP contribution is 2.48. The van der Waals surface area contributed by atoms with Gasteiger partial charge in [-0.1, -0.05) is 24.3 Å². The SMILES string of the molecule is CC1(C)Cc2ccccc2C2=CC(C(F)(F)C(F)F)=C/C(=C3\C=C([N+](=O)[O-])C=CC3=O)N21. The Morgan fingerprint density at radius 2 is 1.81 bits per heavy atom. The molecule has 2 aliphatic heterocycles. The number of allylic oxidation sites excluding steroid dienone is 7. The lowest BCUT2D eigenvalue weighted by Gasteiger charge is -2.49. The highest BCUT2D eigenvalue weighted by atomic mass is 19.3. The standard InChI is InChI=1S/C23H18F4N2O3/c1-22(2)12-13-5-3-4-6-16(13)18-9-14(23(26,27)21(24)25)10-19(28(18)22)17-11-15(29(31)32)7-8-20(17)30/h3-11,21H,12H2,1-2H3/b19-17-. The molecular formula is C23H18F4N2O3. The van der Waals surface area contributed by atoms with Crippen LogP contribution in [0.4, 0.5) is 17.6 Å². The summed E-state index contributed by atoms with van der Waals surface area (Å²) in [5, 5.41) is 11.3. The number of hydrogen-bond acceptors (Lipinski definition) is 4. The number of fused-ring (bicyclic) bond motifs is 3. The van der Waals surface area contributed by atoms with Crippen LogP contribution in [-0.4, -0.2) is 33.5 Å². The summed E-state index contributed by atoms with van der Waals surface area (Å²) in [6, 6.07) is 7.01. The lowest BCUT2D eigenvalue weighted by molar-refractivity contribution is -0.419. The molecule has 0 saturated carbocycles. The van der Waals surface area contributed by atoms with Gasteiger partial charge in [-0.05, 0) is 44.1 Å².